The Bertz CT molecular complexity index is 510. The molecule has 4 nitrogen and oxygen atoms in total. The number of likely N-dealkylation sites (tertiary alicyclic amines) is 1. The van der Waals surface area contributed by atoms with E-state index in [2.05, 4.69) is 0 Å². The van der Waals surface area contributed by atoms with Crippen LogP contribution in [0.3, 0.4) is 0 Å². The van der Waals surface area contributed by atoms with Gasteiger partial charge in [0.15, 0.2) is 0 Å². The summed E-state index contributed by atoms with van der Waals surface area (Å²) >= 11 is 5.25. The van der Waals surface area contributed by atoms with Gasteiger partial charge in [-0.3, -0.25) is 9.69 Å². The summed E-state index contributed by atoms with van der Waals surface area (Å²) < 4.78 is 31.5. The molecule has 1 atom stereocenters. The Labute approximate surface area is 119 Å². The summed E-state index contributed by atoms with van der Waals surface area (Å²) in [4.78, 5) is 23.6. The molecule has 7 heteroatoms. The zero-order chi connectivity index (χ0) is 14.8. The Morgan fingerprint density at radius 1 is 1.35 bits per heavy atom. The summed E-state index contributed by atoms with van der Waals surface area (Å²) in [6.07, 6.45) is -1.74. The minimum atomic E-state index is -3.12. The predicted molar refractivity (Wildman–Crippen MR) is 67.5 cm³/mol. The molecule has 0 unspecified atom stereocenters. The van der Waals surface area contributed by atoms with Crippen LogP contribution in [0.25, 0.3) is 0 Å². The van der Waals surface area contributed by atoms with Crippen LogP contribution in [-0.4, -0.2) is 34.7 Å². The quantitative estimate of drug-likeness (QED) is 0.807. The fraction of sp³-hybridized carbons (Fsp3) is 0.385. The van der Waals surface area contributed by atoms with Gasteiger partial charge in [-0.1, -0.05) is 30.3 Å². The molecule has 1 aromatic carbocycles. The Balaban J connectivity index is 1.99. The van der Waals surface area contributed by atoms with Crippen molar-refractivity contribution in [1.29, 1.82) is 0 Å². The first-order valence-electron chi connectivity index (χ1n) is 5.93. The molecule has 1 heterocycles. The zero-order valence-electron chi connectivity index (χ0n) is 10.4. The van der Waals surface area contributed by atoms with Crippen LogP contribution in [-0.2, 0) is 16.1 Å². The van der Waals surface area contributed by atoms with Crippen molar-refractivity contribution in [2.24, 2.45) is 0 Å². The molecule has 0 saturated carbocycles. The van der Waals surface area contributed by atoms with Gasteiger partial charge in [-0.15, -0.1) is 0 Å². The van der Waals surface area contributed by atoms with Crippen molar-refractivity contribution in [2.75, 3.05) is 6.54 Å². The molecule has 1 aliphatic heterocycles. The summed E-state index contributed by atoms with van der Waals surface area (Å²) in [7, 11) is 0. The number of benzene rings is 1. The summed E-state index contributed by atoms with van der Waals surface area (Å²) in [6.45, 7) is -0.908. The summed E-state index contributed by atoms with van der Waals surface area (Å²) in [6, 6.07) is 7.45. The van der Waals surface area contributed by atoms with E-state index in [9.17, 15) is 18.4 Å². The molecule has 2 rings (SSSR count). The molecule has 0 aliphatic carbocycles. The van der Waals surface area contributed by atoms with E-state index in [0.29, 0.717) is 4.90 Å². The van der Waals surface area contributed by atoms with Gasteiger partial charge in [-0.25, -0.2) is 13.6 Å². The standard InChI is InChI=1S/C13H12ClF2NO3/c14-11(18)10-6-13(15,16)8-17(10)12(19)20-7-9-4-2-1-3-5-9/h1-5,10H,6-8H2/t10-/m0/s1. The number of carbonyl (C=O) groups is 2. The Kier molecular flexibility index (Phi) is 4.23. The van der Waals surface area contributed by atoms with Crippen molar-refractivity contribution >= 4 is 22.9 Å². The normalized spacial score (nSPS) is 20.8. The maximum Gasteiger partial charge on any atom is 0.410 e. The highest BCUT2D eigenvalue weighted by molar-refractivity contribution is 6.64. The van der Waals surface area contributed by atoms with Crippen molar-refractivity contribution in [3.8, 4) is 0 Å². The second-order valence-electron chi connectivity index (χ2n) is 4.55. The highest BCUT2D eigenvalue weighted by Crippen LogP contribution is 2.33. The number of carbonyl (C=O) groups excluding carboxylic acids is 2. The summed E-state index contributed by atoms with van der Waals surface area (Å²) in [5.74, 6) is -3.12. The maximum atomic E-state index is 13.3. The van der Waals surface area contributed by atoms with Gasteiger partial charge < -0.3 is 4.74 Å². The van der Waals surface area contributed by atoms with Crippen LogP contribution in [0, 0.1) is 0 Å². The topological polar surface area (TPSA) is 46.6 Å². The molecule has 1 fully saturated rings. The first kappa shape index (κ1) is 14.7. The number of hydrogen-bond donors (Lipinski definition) is 0. The van der Waals surface area contributed by atoms with E-state index in [-0.39, 0.29) is 6.61 Å². The van der Waals surface area contributed by atoms with Gasteiger partial charge in [0.1, 0.15) is 12.6 Å². The number of alkyl halides is 2. The third-order valence-electron chi connectivity index (χ3n) is 2.97. The number of nitrogens with zero attached hydrogens (tertiary/aromatic N) is 1. The van der Waals surface area contributed by atoms with Crippen molar-refractivity contribution in [3.05, 3.63) is 35.9 Å². The number of halogens is 3. The fourth-order valence-electron chi connectivity index (χ4n) is 2.01. The minimum Gasteiger partial charge on any atom is -0.445 e. The van der Waals surface area contributed by atoms with Crippen LogP contribution in [0.4, 0.5) is 13.6 Å². The molecular formula is C13H12ClF2NO3. The molecular weight excluding hydrogens is 292 g/mol. The molecule has 1 saturated heterocycles. The second-order valence-corrected chi connectivity index (χ2v) is 4.92. The number of ether oxygens (including phenoxy) is 1. The van der Waals surface area contributed by atoms with Crippen LogP contribution < -0.4 is 0 Å². The SMILES string of the molecule is O=C(Cl)[C@@H]1CC(F)(F)CN1C(=O)OCc1ccccc1. The van der Waals surface area contributed by atoms with Gasteiger partial charge in [0, 0.05) is 6.42 Å². The van der Waals surface area contributed by atoms with Crippen LogP contribution in [0.15, 0.2) is 30.3 Å². The van der Waals surface area contributed by atoms with Crippen molar-refractivity contribution < 1.29 is 23.1 Å². The van der Waals surface area contributed by atoms with Crippen LogP contribution in [0.2, 0.25) is 0 Å². The molecule has 1 aromatic rings. The molecule has 108 valence electrons. The highest BCUT2D eigenvalue weighted by atomic mass is 35.5. The summed E-state index contributed by atoms with van der Waals surface area (Å²) in [5.41, 5.74) is 0.723. The Morgan fingerprint density at radius 3 is 2.60 bits per heavy atom. The van der Waals surface area contributed by atoms with Gasteiger partial charge in [0.2, 0.25) is 5.24 Å². The van der Waals surface area contributed by atoms with Gasteiger partial charge in [0.25, 0.3) is 5.92 Å². The highest BCUT2D eigenvalue weighted by Gasteiger charge is 2.50. The molecule has 20 heavy (non-hydrogen) atoms. The van der Waals surface area contributed by atoms with E-state index in [1.807, 2.05) is 0 Å². The second kappa shape index (κ2) is 5.75. The third-order valence-corrected chi connectivity index (χ3v) is 3.22. The first-order chi connectivity index (χ1) is 9.39. The van der Waals surface area contributed by atoms with E-state index in [0.717, 1.165) is 5.56 Å². The molecule has 0 spiro atoms. The van der Waals surface area contributed by atoms with Crippen molar-refractivity contribution in [3.63, 3.8) is 0 Å². The fourth-order valence-corrected chi connectivity index (χ4v) is 2.21. The monoisotopic (exact) mass is 303 g/mol. The number of hydrogen-bond acceptors (Lipinski definition) is 3. The van der Waals surface area contributed by atoms with E-state index in [1.165, 1.54) is 0 Å². The van der Waals surface area contributed by atoms with Crippen LogP contribution in [0.5, 0.6) is 0 Å². The van der Waals surface area contributed by atoms with E-state index < -0.39 is 36.3 Å². The maximum absolute atomic E-state index is 13.3. The molecule has 0 N–H and O–H groups in total. The van der Waals surface area contributed by atoms with Gasteiger partial charge in [-0.05, 0) is 17.2 Å². The Morgan fingerprint density at radius 2 is 2.00 bits per heavy atom. The van der Waals surface area contributed by atoms with Crippen LogP contribution in [0.1, 0.15) is 12.0 Å². The molecule has 0 radical (unpaired) electrons. The van der Waals surface area contributed by atoms with Crippen molar-refractivity contribution in [2.45, 2.75) is 25.0 Å². The van der Waals surface area contributed by atoms with Gasteiger partial charge in [0.05, 0.1) is 6.54 Å². The molecule has 1 amide bonds. The zero-order valence-corrected chi connectivity index (χ0v) is 11.1. The molecule has 1 aliphatic rings. The van der Waals surface area contributed by atoms with Crippen molar-refractivity contribution in [1.82, 2.24) is 4.90 Å². The van der Waals surface area contributed by atoms with Gasteiger partial charge >= 0.3 is 6.09 Å². The van der Waals surface area contributed by atoms with E-state index in [4.69, 9.17) is 16.3 Å². The predicted octanol–water partition coefficient (Wildman–Crippen LogP) is 2.80. The average molecular weight is 304 g/mol. The smallest absolute Gasteiger partial charge is 0.410 e. The lowest BCUT2D eigenvalue weighted by atomic mass is 10.2. The van der Waals surface area contributed by atoms with Crippen LogP contribution >= 0.6 is 11.6 Å². The molecule has 0 bridgehead atoms. The third kappa shape index (κ3) is 3.45. The summed E-state index contributed by atoms with van der Waals surface area (Å²) in [5, 5.41) is -0.987. The largest absolute Gasteiger partial charge is 0.445 e. The Hall–Kier alpha value is -1.69. The van der Waals surface area contributed by atoms with E-state index >= 15 is 0 Å². The lowest BCUT2D eigenvalue weighted by Crippen LogP contribution is -2.39. The molecule has 0 aromatic heterocycles. The lowest BCUT2D eigenvalue weighted by molar-refractivity contribution is -0.115. The lowest BCUT2D eigenvalue weighted by Gasteiger charge is -2.20. The number of rotatable bonds is 3. The number of amides is 1. The first-order valence-corrected chi connectivity index (χ1v) is 6.31. The average Bonchev–Trinajstić information content (AvgIpc) is 2.74. The van der Waals surface area contributed by atoms with Gasteiger partial charge in [-0.2, -0.15) is 0 Å². The minimum absolute atomic E-state index is 0.0507. The van der Waals surface area contributed by atoms with E-state index in [1.54, 1.807) is 30.3 Å².